The van der Waals surface area contributed by atoms with E-state index in [1.807, 2.05) is 39.4 Å². The van der Waals surface area contributed by atoms with Crippen molar-refractivity contribution in [3.63, 3.8) is 0 Å². The number of fused-ring (bicyclic) bond motifs is 1. The molecule has 0 bridgehead atoms. The van der Waals surface area contributed by atoms with E-state index in [9.17, 15) is 4.79 Å². The molecule has 1 amide bonds. The number of hydrogen-bond donors (Lipinski definition) is 1. The highest BCUT2D eigenvalue weighted by molar-refractivity contribution is 5.85. The second-order valence-corrected chi connectivity index (χ2v) is 10.0. The summed E-state index contributed by atoms with van der Waals surface area (Å²) in [5.74, 6) is 0. The summed E-state index contributed by atoms with van der Waals surface area (Å²) >= 11 is 0. The van der Waals surface area contributed by atoms with Crippen molar-refractivity contribution in [2.24, 2.45) is 0 Å². The van der Waals surface area contributed by atoms with E-state index < -0.39 is 5.60 Å². The normalized spacial score (nSPS) is 12.1. The zero-order valence-electron chi connectivity index (χ0n) is 21.2. The number of alkyl carbamates (subject to hydrolysis) is 1. The zero-order valence-corrected chi connectivity index (χ0v) is 21.2. The Labute approximate surface area is 197 Å². The Hall–Kier alpha value is -2.93. The van der Waals surface area contributed by atoms with Crippen molar-refractivity contribution >= 4 is 17.1 Å². The van der Waals surface area contributed by atoms with Crippen LogP contribution in [0.5, 0.6) is 0 Å². The fraction of sp³-hybridized carbons (Fsp3) is 0.500. The number of carbonyl (C=O) groups is 1. The molecule has 0 saturated heterocycles. The van der Waals surface area contributed by atoms with Gasteiger partial charge in [0, 0.05) is 36.6 Å². The maximum atomic E-state index is 11.8. The highest BCUT2D eigenvalue weighted by Gasteiger charge is 2.17. The van der Waals surface area contributed by atoms with Crippen LogP contribution in [0.4, 0.5) is 4.79 Å². The van der Waals surface area contributed by atoms with Crippen LogP contribution in [-0.4, -0.2) is 51.5 Å². The third-order valence-corrected chi connectivity index (χ3v) is 5.36. The SMILES string of the molecule is Cc1cc(-c2cccc(CN(C)CCNC(=O)OC(C)(C)C)c2)nc2c1c(C)nn2C(C)C. The first-order valence-electron chi connectivity index (χ1n) is 11.6. The number of amides is 1. The Kier molecular flexibility index (Phi) is 7.42. The molecule has 3 rings (SSSR count). The molecule has 0 unspecified atom stereocenters. The van der Waals surface area contributed by atoms with Crippen molar-refractivity contribution < 1.29 is 9.53 Å². The minimum atomic E-state index is -0.489. The van der Waals surface area contributed by atoms with Gasteiger partial charge < -0.3 is 15.0 Å². The maximum Gasteiger partial charge on any atom is 0.407 e. The minimum Gasteiger partial charge on any atom is -0.444 e. The van der Waals surface area contributed by atoms with Gasteiger partial charge in [0.15, 0.2) is 5.65 Å². The molecule has 178 valence electrons. The summed E-state index contributed by atoms with van der Waals surface area (Å²) in [7, 11) is 2.04. The highest BCUT2D eigenvalue weighted by atomic mass is 16.6. The van der Waals surface area contributed by atoms with Crippen molar-refractivity contribution in [1.29, 1.82) is 0 Å². The number of nitrogens with zero attached hydrogens (tertiary/aromatic N) is 4. The van der Waals surface area contributed by atoms with E-state index in [4.69, 9.17) is 14.8 Å². The van der Waals surface area contributed by atoms with Gasteiger partial charge in [0.1, 0.15) is 5.60 Å². The molecule has 1 N–H and O–H groups in total. The smallest absolute Gasteiger partial charge is 0.407 e. The summed E-state index contributed by atoms with van der Waals surface area (Å²) < 4.78 is 7.30. The van der Waals surface area contributed by atoms with Crippen molar-refractivity contribution in [1.82, 2.24) is 25.0 Å². The van der Waals surface area contributed by atoms with E-state index in [0.29, 0.717) is 6.54 Å². The fourth-order valence-corrected chi connectivity index (χ4v) is 3.92. The Morgan fingerprint density at radius 1 is 1.21 bits per heavy atom. The van der Waals surface area contributed by atoms with Gasteiger partial charge in [-0.15, -0.1) is 0 Å². The number of nitrogens with one attached hydrogen (secondary N) is 1. The summed E-state index contributed by atoms with van der Waals surface area (Å²) in [6, 6.07) is 10.9. The Bertz CT molecular complexity index is 1130. The average Bonchev–Trinajstić information content (AvgIpc) is 3.04. The van der Waals surface area contributed by atoms with Crippen LogP contribution in [-0.2, 0) is 11.3 Å². The van der Waals surface area contributed by atoms with Gasteiger partial charge in [-0.2, -0.15) is 5.10 Å². The van der Waals surface area contributed by atoms with Crippen LogP contribution in [0.1, 0.15) is 57.5 Å². The summed E-state index contributed by atoms with van der Waals surface area (Å²) in [6.07, 6.45) is -0.384. The molecular weight excluding hydrogens is 414 g/mol. The van der Waals surface area contributed by atoms with Crippen molar-refractivity contribution in [3.8, 4) is 11.3 Å². The van der Waals surface area contributed by atoms with Crippen molar-refractivity contribution in [2.45, 2.75) is 66.7 Å². The standard InChI is InChI=1S/C26H37N5O2/c1-17(2)31-24-23(19(4)29-31)18(3)14-22(28-24)21-11-9-10-20(15-21)16-30(8)13-12-27-25(32)33-26(5,6)7/h9-11,14-15,17H,12-13,16H2,1-8H3,(H,27,32). The van der Waals surface area contributed by atoms with Gasteiger partial charge in [-0.25, -0.2) is 14.5 Å². The molecule has 7 nitrogen and oxygen atoms in total. The molecule has 0 spiro atoms. The predicted octanol–water partition coefficient (Wildman–Crippen LogP) is 5.25. The van der Waals surface area contributed by atoms with Crippen LogP contribution in [0.2, 0.25) is 0 Å². The van der Waals surface area contributed by atoms with Gasteiger partial charge in [-0.1, -0.05) is 18.2 Å². The van der Waals surface area contributed by atoms with E-state index in [-0.39, 0.29) is 12.1 Å². The molecule has 3 aromatic rings. The van der Waals surface area contributed by atoms with E-state index >= 15 is 0 Å². The van der Waals surface area contributed by atoms with E-state index in [1.165, 1.54) is 11.1 Å². The number of hydrogen-bond acceptors (Lipinski definition) is 5. The maximum absolute atomic E-state index is 11.8. The fourth-order valence-electron chi connectivity index (χ4n) is 3.92. The number of pyridine rings is 1. The molecule has 1 aromatic carbocycles. The Morgan fingerprint density at radius 2 is 1.94 bits per heavy atom. The lowest BCUT2D eigenvalue weighted by Crippen LogP contribution is -2.36. The summed E-state index contributed by atoms with van der Waals surface area (Å²) in [5.41, 5.74) is 5.90. The lowest BCUT2D eigenvalue weighted by Gasteiger charge is -2.21. The molecule has 0 aliphatic heterocycles. The topological polar surface area (TPSA) is 72.3 Å². The largest absolute Gasteiger partial charge is 0.444 e. The van der Waals surface area contributed by atoms with Gasteiger partial charge >= 0.3 is 6.09 Å². The lowest BCUT2D eigenvalue weighted by molar-refractivity contribution is 0.0523. The first kappa shape index (κ1) is 24.7. The number of carbonyl (C=O) groups excluding carboxylic acids is 1. The number of aromatic nitrogens is 3. The third kappa shape index (κ3) is 6.32. The predicted molar refractivity (Wildman–Crippen MR) is 133 cm³/mol. The van der Waals surface area contributed by atoms with Crippen LogP contribution >= 0.6 is 0 Å². The van der Waals surface area contributed by atoms with Crippen LogP contribution < -0.4 is 5.32 Å². The first-order valence-corrected chi connectivity index (χ1v) is 11.6. The molecule has 0 atom stereocenters. The molecule has 2 heterocycles. The van der Waals surface area contributed by atoms with Gasteiger partial charge in [-0.3, -0.25) is 0 Å². The number of ether oxygens (including phenoxy) is 1. The van der Waals surface area contributed by atoms with Crippen LogP contribution in [0.3, 0.4) is 0 Å². The number of rotatable bonds is 7. The van der Waals surface area contributed by atoms with Crippen LogP contribution in [0.15, 0.2) is 30.3 Å². The lowest BCUT2D eigenvalue weighted by atomic mass is 10.0. The highest BCUT2D eigenvalue weighted by Crippen LogP contribution is 2.28. The van der Waals surface area contributed by atoms with Crippen molar-refractivity contribution in [2.75, 3.05) is 20.1 Å². The molecule has 0 aliphatic carbocycles. The third-order valence-electron chi connectivity index (χ3n) is 5.36. The molecule has 0 saturated carbocycles. The molecule has 7 heteroatoms. The second kappa shape index (κ2) is 9.91. The number of aryl methyl sites for hydroxylation is 2. The van der Waals surface area contributed by atoms with Gasteiger partial charge in [0.25, 0.3) is 0 Å². The zero-order chi connectivity index (χ0) is 24.3. The van der Waals surface area contributed by atoms with Gasteiger partial charge in [-0.05, 0) is 78.8 Å². The quantitative estimate of drug-likeness (QED) is 0.531. The van der Waals surface area contributed by atoms with Crippen molar-refractivity contribution in [3.05, 3.63) is 47.2 Å². The van der Waals surface area contributed by atoms with E-state index in [1.54, 1.807) is 0 Å². The minimum absolute atomic E-state index is 0.248. The Morgan fingerprint density at radius 3 is 2.61 bits per heavy atom. The monoisotopic (exact) mass is 451 g/mol. The molecule has 0 radical (unpaired) electrons. The number of likely N-dealkylation sites (N-methyl/N-ethyl adjacent to an activating group) is 1. The van der Waals surface area contributed by atoms with Gasteiger partial charge in [0.05, 0.1) is 11.4 Å². The van der Waals surface area contributed by atoms with E-state index in [0.717, 1.165) is 41.1 Å². The molecule has 33 heavy (non-hydrogen) atoms. The molecular formula is C26H37N5O2. The number of benzene rings is 1. The summed E-state index contributed by atoms with van der Waals surface area (Å²) in [6.45, 7) is 16.0. The molecule has 2 aromatic heterocycles. The summed E-state index contributed by atoms with van der Waals surface area (Å²) in [4.78, 5) is 19.0. The first-order chi connectivity index (χ1) is 15.4. The Balaban J connectivity index is 1.71. The van der Waals surface area contributed by atoms with E-state index in [2.05, 4.69) is 61.3 Å². The molecule has 0 fully saturated rings. The summed E-state index contributed by atoms with van der Waals surface area (Å²) in [5, 5.41) is 8.66. The molecule has 0 aliphatic rings. The van der Waals surface area contributed by atoms with Gasteiger partial charge in [0.2, 0.25) is 0 Å². The van der Waals surface area contributed by atoms with Crippen LogP contribution in [0.25, 0.3) is 22.3 Å². The average molecular weight is 452 g/mol. The van der Waals surface area contributed by atoms with Crippen LogP contribution in [0, 0.1) is 13.8 Å². The second-order valence-electron chi connectivity index (χ2n) is 10.0.